The summed E-state index contributed by atoms with van der Waals surface area (Å²) >= 11 is 0. The van der Waals surface area contributed by atoms with Crippen LogP contribution in [-0.2, 0) is 0 Å². The normalized spacial score (nSPS) is 14.0. The van der Waals surface area contributed by atoms with Crippen molar-refractivity contribution in [2.45, 2.75) is 20.3 Å². The number of hydrogen-bond donors (Lipinski definition) is 0. The van der Waals surface area contributed by atoms with Crippen LogP contribution in [0, 0.1) is 17.5 Å². The topological polar surface area (TPSA) is 3.24 Å². The van der Waals surface area contributed by atoms with Gasteiger partial charge in [-0.25, -0.2) is 26.3 Å². The predicted octanol–water partition coefficient (Wildman–Crippen LogP) is 6.95. The molecule has 2 aromatic carbocycles. The summed E-state index contributed by atoms with van der Waals surface area (Å²) in [5.74, 6) is -4.66. The second-order valence-corrected chi connectivity index (χ2v) is 5.81. The van der Waals surface area contributed by atoms with E-state index in [1.54, 1.807) is 18.2 Å². The van der Waals surface area contributed by atoms with Crippen LogP contribution in [0.4, 0.5) is 26.3 Å². The lowest BCUT2D eigenvalue weighted by Crippen LogP contribution is -2.30. The molecule has 0 aromatic heterocycles. The Labute approximate surface area is 165 Å². The van der Waals surface area contributed by atoms with Crippen molar-refractivity contribution in [2.24, 2.45) is 0 Å². The summed E-state index contributed by atoms with van der Waals surface area (Å²) in [6, 6.07) is 8.81. The third kappa shape index (κ3) is 4.72. The zero-order valence-electron chi connectivity index (χ0n) is 15.8. The van der Waals surface area contributed by atoms with Crippen molar-refractivity contribution in [1.82, 2.24) is 4.90 Å². The third-order valence-corrected chi connectivity index (χ3v) is 4.05. The van der Waals surface area contributed by atoms with Gasteiger partial charge in [0.05, 0.1) is 23.5 Å². The molecular formula is C22H19F6N. The predicted molar refractivity (Wildman–Crippen MR) is 102 cm³/mol. The summed E-state index contributed by atoms with van der Waals surface area (Å²) in [7, 11) is 0. The molecule has 0 N–H and O–H groups in total. The lowest BCUT2D eigenvalue weighted by atomic mass is 9.93. The van der Waals surface area contributed by atoms with Gasteiger partial charge >= 0.3 is 0 Å². The van der Waals surface area contributed by atoms with Crippen LogP contribution in [-0.4, -0.2) is 17.9 Å². The lowest BCUT2D eigenvalue weighted by molar-refractivity contribution is 0.122. The Hall–Kier alpha value is -2.96. The van der Waals surface area contributed by atoms with Crippen LogP contribution in [0.2, 0.25) is 0 Å². The fourth-order valence-electron chi connectivity index (χ4n) is 2.90. The van der Waals surface area contributed by atoms with E-state index in [0.717, 1.165) is 6.08 Å². The molecule has 1 aliphatic heterocycles. The average Bonchev–Trinajstić information content (AvgIpc) is 2.68. The molecule has 7 heteroatoms. The molecule has 0 unspecified atom stereocenters. The number of halogens is 6. The van der Waals surface area contributed by atoms with Gasteiger partial charge in [-0.05, 0) is 11.6 Å². The zero-order valence-corrected chi connectivity index (χ0v) is 15.8. The lowest BCUT2D eigenvalue weighted by Gasteiger charge is -2.33. The first-order valence-corrected chi connectivity index (χ1v) is 8.86. The highest BCUT2D eigenvalue weighted by Gasteiger charge is 2.32. The van der Waals surface area contributed by atoms with Gasteiger partial charge in [0.2, 0.25) is 0 Å². The van der Waals surface area contributed by atoms with Gasteiger partial charge in [-0.2, -0.15) is 0 Å². The number of alkyl halides is 2. The summed E-state index contributed by atoms with van der Waals surface area (Å²) in [5.41, 5.74) is -1.22. The Balaban J connectivity index is 0.00000145. The summed E-state index contributed by atoms with van der Waals surface area (Å²) in [4.78, 5) is 0.710. The van der Waals surface area contributed by atoms with Crippen LogP contribution in [0.3, 0.4) is 0 Å². The molecule has 1 nitrogen and oxygen atoms in total. The van der Waals surface area contributed by atoms with E-state index in [9.17, 15) is 26.3 Å². The number of rotatable bonds is 4. The highest BCUT2D eigenvalue weighted by Crippen LogP contribution is 2.41. The van der Waals surface area contributed by atoms with Crippen molar-refractivity contribution in [3.05, 3.63) is 95.2 Å². The van der Waals surface area contributed by atoms with Gasteiger partial charge < -0.3 is 4.90 Å². The molecule has 0 radical (unpaired) electrons. The Morgan fingerprint density at radius 1 is 0.931 bits per heavy atom. The van der Waals surface area contributed by atoms with Gasteiger partial charge in [0, 0.05) is 17.7 Å². The zero-order chi connectivity index (χ0) is 21.7. The Kier molecular flexibility index (Phi) is 7.31. The number of allylic oxidation sites excluding steroid dienone is 3. The van der Waals surface area contributed by atoms with E-state index < -0.39 is 47.5 Å². The fourth-order valence-corrected chi connectivity index (χ4v) is 2.90. The first-order chi connectivity index (χ1) is 13.8. The molecule has 0 fully saturated rings. The summed E-state index contributed by atoms with van der Waals surface area (Å²) < 4.78 is 82.8. The minimum atomic E-state index is -2.94. The second-order valence-electron chi connectivity index (χ2n) is 5.81. The molecule has 1 aliphatic rings. The molecule has 1 heterocycles. The van der Waals surface area contributed by atoms with E-state index in [-0.39, 0.29) is 11.3 Å². The van der Waals surface area contributed by atoms with Crippen LogP contribution in [0.1, 0.15) is 25.0 Å². The molecule has 0 atom stereocenters. The molecule has 2 aromatic rings. The molecule has 0 saturated carbocycles. The molecule has 0 bridgehead atoms. The van der Waals surface area contributed by atoms with Gasteiger partial charge in [0.1, 0.15) is 23.3 Å². The van der Waals surface area contributed by atoms with Crippen LogP contribution >= 0.6 is 0 Å². The molecule has 0 saturated heterocycles. The van der Waals surface area contributed by atoms with Crippen LogP contribution in [0.5, 0.6) is 0 Å². The monoisotopic (exact) mass is 411 g/mol. The summed E-state index contributed by atoms with van der Waals surface area (Å²) in [6.07, 6.45) is -1.97. The summed E-state index contributed by atoms with van der Waals surface area (Å²) in [6.45, 7) is 6.37. The molecular weight excluding hydrogens is 392 g/mol. The highest BCUT2D eigenvalue weighted by atomic mass is 19.3. The SMILES string of the molecule is C=C1C(F)=CC(c2ccccc2)=C(c2c(F)cc(F)cc2F)N1CC(F)F.CC. The maximum atomic E-state index is 14.4. The van der Waals surface area contributed by atoms with E-state index in [4.69, 9.17) is 0 Å². The first-order valence-electron chi connectivity index (χ1n) is 8.86. The standard InChI is InChI=1S/C20H13F6N.C2H6/c1-11-15(22)9-14(12-5-3-2-4-6-12)20(27(11)10-18(25)26)19-16(23)7-13(21)8-17(19)24;1-2/h2-9,18H,1,10H2;1-2H3. The first kappa shape index (κ1) is 22.3. The minimum absolute atomic E-state index is 0.0226. The largest absolute Gasteiger partial charge is 0.333 e. The number of benzene rings is 2. The molecule has 0 aliphatic carbocycles. The van der Waals surface area contributed by atoms with Crippen molar-refractivity contribution in [3.8, 4) is 0 Å². The van der Waals surface area contributed by atoms with Crippen molar-refractivity contribution in [3.63, 3.8) is 0 Å². The Bertz CT molecular complexity index is 924. The van der Waals surface area contributed by atoms with Crippen LogP contribution < -0.4 is 0 Å². The average molecular weight is 411 g/mol. The fraction of sp³-hybridized carbons (Fsp3) is 0.182. The van der Waals surface area contributed by atoms with Crippen molar-refractivity contribution < 1.29 is 26.3 Å². The second kappa shape index (κ2) is 9.49. The minimum Gasteiger partial charge on any atom is -0.333 e. The molecule has 29 heavy (non-hydrogen) atoms. The van der Waals surface area contributed by atoms with E-state index in [1.807, 2.05) is 13.8 Å². The maximum absolute atomic E-state index is 14.4. The van der Waals surface area contributed by atoms with E-state index >= 15 is 0 Å². The van der Waals surface area contributed by atoms with Gasteiger partial charge in [-0.1, -0.05) is 50.8 Å². The number of nitrogens with zero attached hydrogens (tertiary/aromatic N) is 1. The van der Waals surface area contributed by atoms with E-state index in [2.05, 4.69) is 6.58 Å². The maximum Gasteiger partial charge on any atom is 0.256 e. The molecule has 0 spiro atoms. The van der Waals surface area contributed by atoms with E-state index in [1.165, 1.54) is 12.1 Å². The highest BCUT2D eigenvalue weighted by molar-refractivity contribution is 5.97. The van der Waals surface area contributed by atoms with Crippen molar-refractivity contribution >= 4 is 11.3 Å². The quantitative estimate of drug-likeness (QED) is 0.492. The van der Waals surface area contributed by atoms with Crippen molar-refractivity contribution in [2.75, 3.05) is 6.54 Å². The van der Waals surface area contributed by atoms with Gasteiger partial charge in [0.25, 0.3) is 6.43 Å². The molecule has 3 rings (SSSR count). The van der Waals surface area contributed by atoms with Gasteiger partial charge in [-0.15, -0.1) is 0 Å². The molecule has 154 valence electrons. The molecule has 0 amide bonds. The van der Waals surface area contributed by atoms with Crippen LogP contribution in [0.15, 0.2) is 66.6 Å². The third-order valence-electron chi connectivity index (χ3n) is 4.05. The van der Waals surface area contributed by atoms with Crippen molar-refractivity contribution in [1.29, 1.82) is 0 Å². The van der Waals surface area contributed by atoms with Gasteiger partial charge in [-0.3, -0.25) is 0 Å². The van der Waals surface area contributed by atoms with Crippen LogP contribution in [0.25, 0.3) is 11.3 Å². The van der Waals surface area contributed by atoms with E-state index in [0.29, 0.717) is 22.6 Å². The number of hydrogen-bond acceptors (Lipinski definition) is 1. The smallest absolute Gasteiger partial charge is 0.256 e. The summed E-state index contributed by atoms with van der Waals surface area (Å²) in [5, 5.41) is 0. The van der Waals surface area contributed by atoms with Gasteiger partial charge in [0.15, 0.2) is 0 Å². The Morgan fingerprint density at radius 3 is 2.00 bits per heavy atom. The Morgan fingerprint density at radius 2 is 1.48 bits per heavy atom.